The quantitative estimate of drug-likeness (QED) is 0.513. The summed E-state index contributed by atoms with van der Waals surface area (Å²) in [6, 6.07) is 27.4. The molecule has 1 aromatic heterocycles. The van der Waals surface area contributed by atoms with Crippen LogP contribution in [0.2, 0.25) is 0 Å². The van der Waals surface area contributed by atoms with Gasteiger partial charge in [0.25, 0.3) is 0 Å². The normalized spacial score (nSPS) is 10.8. The van der Waals surface area contributed by atoms with Gasteiger partial charge in [0.15, 0.2) is 0 Å². The lowest BCUT2D eigenvalue weighted by atomic mass is 10.0. The summed E-state index contributed by atoms with van der Waals surface area (Å²) < 4.78 is 5.48. The molecule has 4 aromatic rings. The Labute approximate surface area is 133 Å². The van der Waals surface area contributed by atoms with E-state index in [1.54, 1.807) is 0 Å². The Morgan fingerprint density at radius 1 is 0.652 bits per heavy atom. The molecule has 0 fully saturated rings. The van der Waals surface area contributed by atoms with Gasteiger partial charge in [0.05, 0.1) is 0 Å². The van der Waals surface area contributed by atoms with Crippen LogP contribution in [-0.2, 0) is 0 Å². The molecule has 0 amide bonds. The van der Waals surface area contributed by atoms with Crippen molar-refractivity contribution in [2.45, 2.75) is 0 Å². The number of hydrogen-bond acceptors (Lipinski definition) is 2. The van der Waals surface area contributed by atoms with Gasteiger partial charge in [0.1, 0.15) is 5.76 Å². The van der Waals surface area contributed by atoms with E-state index in [0.29, 0.717) is 5.76 Å². The van der Waals surface area contributed by atoms with Crippen LogP contribution < -0.4 is 5.63 Å². The highest BCUT2D eigenvalue weighted by atomic mass is 16.4. The molecule has 2 heteroatoms. The molecule has 0 spiro atoms. The molecule has 4 rings (SSSR count). The number of benzene rings is 3. The summed E-state index contributed by atoms with van der Waals surface area (Å²) in [5.41, 5.74) is 2.46. The first-order valence-electron chi connectivity index (χ1n) is 7.50. The molecule has 23 heavy (non-hydrogen) atoms. The first-order valence-corrected chi connectivity index (χ1v) is 7.50. The molecule has 0 aliphatic rings. The van der Waals surface area contributed by atoms with E-state index < -0.39 is 0 Å². The van der Waals surface area contributed by atoms with E-state index in [4.69, 9.17) is 4.42 Å². The fraction of sp³-hybridized carbons (Fsp3) is 0. The molecule has 0 saturated heterocycles. The molecule has 0 atom stereocenters. The van der Waals surface area contributed by atoms with E-state index in [9.17, 15) is 4.79 Å². The van der Waals surface area contributed by atoms with E-state index in [2.05, 4.69) is 12.1 Å². The predicted octanol–water partition coefficient (Wildman–Crippen LogP) is 5.13. The SMILES string of the molecule is O=c1cc(-c2ccccc2)cc(-c2cccc3ccccc23)o1. The third-order valence-corrected chi connectivity index (χ3v) is 3.93. The summed E-state index contributed by atoms with van der Waals surface area (Å²) in [6.07, 6.45) is 0. The molecule has 0 saturated carbocycles. The third-order valence-electron chi connectivity index (χ3n) is 3.93. The average Bonchev–Trinajstić information content (AvgIpc) is 2.61. The Balaban J connectivity index is 1.96. The highest BCUT2D eigenvalue weighted by Crippen LogP contribution is 2.30. The van der Waals surface area contributed by atoms with Gasteiger partial charge in [0.2, 0.25) is 0 Å². The van der Waals surface area contributed by atoms with Gasteiger partial charge >= 0.3 is 5.63 Å². The van der Waals surface area contributed by atoms with Gasteiger partial charge in [-0.2, -0.15) is 0 Å². The van der Waals surface area contributed by atoms with Crippen LogP contribution in [0.4, 0.5) is 0 Å². The molecule has 0 aliphatic carbocycles. The Kier molecular flexibility index (Phi) is 3.28. The van der Waals surface area contributed by atoms with Crippen LogP contribution in [0.15, 0.2) is 94.1 Å². The molecule has 0 bridgehead atoms. The zero-order chi connectivity index (χ0) is 15.6. The Hall–Kier alpha value is -3.13. The number of hydrogen-bond donors (Lipinski definition) is 0. The van der Waals surface area contributed by atoms with Crippen molar-refractivity contribution >= 4 is 10.8 Å². The molecule has 0 aliphatic heterocycles. The Morgan fingerprint density at radius 3 is 2.26 bits per heavy atom. The Morgan fingerprint density at radius 2 is 1.39 bits per heavy atom. The van der Waals surface area contributed by atoms with Crippen molar-refractivity contribution in [3.05, 3.63) is 95.3 Å². The summed E-state index contributed by atoms with van der Waals surface area (Å²) in [4.78, 5) is 12.0. The fourth-order valence-corrected chi connectivity index (χ4v) is 2.85. The highest BCUT2D eigenvalue weighted by molar-refractivity contribution is 5.95. The summed E-state index contributed by atoms with van der Waals surface area (Å²) in [7, 11) is 0. The van der Waals surface area contributed by atoms with E-state index in [-0.39, 0.29) is 5.63 Å². The Bertz CT molecular complexity index is 1020. The lowest BCUT2D eigenvalue weighted by molar-refractivity contribution is 0.527. The maximum Gasteiger partial charge on any atom is 0.336 e. The molecule has 1 heterocycles. The van der Waals surface area contributed by atoms with Gasteiger partial charge in [-0.05, 0) is 28.0 Å². The molecule has 110 valence electrons. The molecular weight excluding hydrogens is 284 g/mol. The molecular formula is C21H14O2. The smallest absolute Gasteiger partial charge is 0.336 e. The molecule has 0 radical (unpaired) electrons. The monoisotopic (exact) mass is 298 g/mol. The van der Waals surface area contributed by atoms with Gasteiger partial charge in [-0.1, -0.05) is 72.8 Å². The fourth-order valence-electron chi connectivity index (χ4n) is 2.85. The second-order valence-corrected chi connectivity index (χ2v) is 5.42. The van der Waals surface area contributed by atoms with Crippen molar-refractivity contribution in [2.24, 2.45) is 0 Å². The van der Waals surface area contributed by atoms with Crippen molar-refractivity contribution in [1.82, 2.24) is 0 Å². The first kappa shape index (κ1) is 13.5. The maximum absolute atomic E-state index is 12.0. The lowest BCUT2D eigenvalue weighted by Crippen LogP contribution is -1.98. The molecule has 0 N–H and O–H groups in total. The van der Waals surface area contributed by atoms with E-state index in [0.717, 1.165) is 27.5 Å². The molecule has 0 unspecified atom stereocenters. The van der Waals surface area contributed by atoms with Crippen LogP contribution in [0.25, 0.3) is 33.2 Å². The molecule has 2 nitrogen and oxygen atoms in total. The van der Waals surface area contributed by atoms with Gasteiger partial charge in [0, 0.05) is 11.6 Å². The van der Waals surface area contributed by atoms with Crippen LogP contribution in [0, 0.1) is 0 Å². The van der Waals surface area contributed by atoms with E-state index in [1.807, 2.05) is 66.7 Å². The van der Waals surface area contributed by atoms with Crippen LogP contribution in [0.3, 0.4) is 0 Å². The maximum atomic E-state index is 12.0. The van der Waals surface area contributed by atoms with Crippen LogP contribution >= 0.6 is 0 Å². The minimum absolute atomic E-state index is 0.339. The minimum atomic E-state index is -0.339. The van der Waals surface area contributed by atoms with Crippen molar-refractivity contribution in [3.8, 4) is 22.5 Å². The van der Waals surface area contributed by atoms with E-state index in [1.165, 1.54) is 6.07 Å². The van der Waals surface area contributed by atoms with Gasteiger partial charge < -0.3 is 4.42 Å². The summed E-state index contributed by atoms with van der Waals surface area (Å²) in [6.45, 7) is 0. The number of rotatable bonds is 2. The van der Waals surface area contributed by atoms with Gasteiger partial charge in [-0.15, -0.1) is 0 Å². The zero-order valence-corrected chi connectivity index (χ0v) is 12.4. The van der Waals surface area contributed by atoms with Crippen molar-refractivity contribution in [3.63, 3.8) is 0 Å². The van der Waals surface area contributed by atoms with Crippen molar-refractivity contribution in [2.75, 3.05) is 0 Å². The standard InChI is InChI=1S/C21H14O2/c22-21-14-17(15-7-2-1-3-8-15)13-20(23-21)19-12-6-10-16-9-4-5-11-18(16)19/h1-14H. The van der Waals surface area contributed by atoms with Crippen LogP contribution in [0.1, 0.15) is 0 Å². The minimum Gasteiger partial charge on any atom is -0.423 e. The van der Waals surface area contributed by atoms with E-state index >= 15 is 0 Å². The lowest BCUT2D eigenvalue weighted by Gasteiger charge is -2.07. The average molecular weight is 298 g/mol. The number of fused-ring (bicyclic) bond motifs is 1. The van der Waals surface area contributed by atoms with Crippen LogP contribution in [-0.4, -0.2) is 0 Å². The zero-order valence-electron chi connectivity index (χ0n) is 12.4. The summed E-state index contributed by atoms with van der Waals surface area (Å²) >= 11 is 0. The topological polar surface area (TPSA) is 30.2 Å². The summed E-state index contributed by atoms with van der Waals surface area (Å²) in [5.74, 6) is 0.591. The first-order chi connectivity index (χ1) is 11.3. The van der Waals surface area contributed by atoms with Gasteiger partial charge in [-0.3, -0.25) is 0 Å². The predicted molar refractivity (Wildman–Crippen MR) is 93.4 cm³/mol. The second-order valence-electron chi connectivity index (χ2n) is 5.42. The van der Waals surface area contributed by atoms with Crippen LogP contribution in [0.5, 0.6) is 0 Å². The van der Waals surface area contributed by atoms with Crippen molar-refractivity contribution in [1.29, 1.82) is 0 Å². The third kappa shape index (κ3) is 2.55. The summed E-state index contributed by atoms with van der Waals surface area (Å²) in [5, 5.41) is 2.20. The second kappa shape index (κ2) is 5.58. The van der Waals surface area contributed by atoms with Gasteiger partial charge in [-0.25, -0.2) is 4.79 Å². The van der Waals surface area contributed by atoms with Crippen molar-refractivity contribution < 1.29 is 4.42 Å². The molecule has 3 aromatic carbocycles. The largest absolute Gasteiger partial charge is 0.423 e. The highest BCUT2D eigenvalue weighted by Gasteiger charge is 2.09.